The van der Waals surface area contributed by atoms with Gasteiger partial charge in [-0.25, -0.2) is 0 Å². The first kappa shape index (κ1) is 18.1. The molecule has 0 bridgehead atoms. The molecule has 0 N–H and O–H groups in total. The molecule has 0 unspecified atom stereocenters. The van der Waals surface area contributed by atoms with Gasteiger partial charge in [-0.05, 0) is 19.0 Å². The number of nitriles is 1. The largest absolute Gasteiger partial charge is 1.00 e. The first-order valence-electron chi connectivity index (χ1n) is 2.81. The van der Waals surface area contributed by atoms with E-state index in [4.69, 9.17) is 27.4 Å². The van der Waals surface area contributed by atoms with E-state index in [9.17, 15) is 0 Å². The first-order chi connectivity index (χ1) is 4.06. The van der Waals surface area contributed by atoms with Crippen LogP contribution in [0.3, 0.4) is 0 Å². The van der Waals surface area contributed by atoms with Gasteiger partial charge >= 0.3 is 29.6 Å². The molecule has 0 spiro atoms. The molecule has 0 saturated heterocycles. The second-order valence-electron chi connectivity index (χ2n) is 2.08. The van der Waals surface area contributed by atoms with E-state index < -0.39 is 6.69 Å². The van der Waals surface area contributed by atoms with Gasteiger partial charge in [0.25, 0.3) is 0 Å². The minimum Gasteiger partial charge on any atom is -0.358 e. The molecule has 0 atom stereocenters. The van der Waals surface area contributed by atoms with Gasteiger partial charge in [-0.15, -0.1) is 22.2 Å². The van der Waals surface area contributed by atoms with Crippen molar-refractivity contribution in [3.05, 3.63) is 7.43 Å². The fourth-order valence-corrected chi connectivity index (χ4v) is 2.08. The van der Waals surface area contributed by atoms with Crippen LogP contribution in [0.5, 0.6) is 0 Å². The fourth-order valence-electron chi connectivity index (χ4n) is 0.478. The summed E-state index contributed by atoms with van der Waals surface area (Å²) in [4.78, 5) is 0. The maximum Gasteiger partial charge on any atom is 1.00 e. The first-order valence-corrected chi connectivity index (χ1v) is 7.54. The quantitative estimate of drug-likeness (QED) is 0.290. The summed E-state index contributed by atoms with van der Waals surface area (Å²) < 4.78 is 0. The van der Waals surface area contributed by atoms with Crippen LogP contribution in [-0.4, -0.2) is 6.69 Å². The van der Waals surface area contributed by atoms with Gasteiger partial charge in [0.15, 0.2) is 0 Å². The molecule has 1 nitrogen and oxygen atoms in total. The molecule has 0 fully saturated rings. The number of hydrogen-bond acceptors (Lipinski definition) is 1. The Labute approximate surface area is 102 Å². The molecule has 0 heterocycles. The van der Waals surface area contributed by atoms with Crippen molar-refractivity contribution in [2.24, 2.45) is 0 Å². The smallest absolute Gasteiger partial charge is 0.358 e. The Kier molecular flexibility index (Phi) is 15.5. The van der Waals surface area contributed by atoms with E-state index in [0.717, 1.165) is 12.5 Å². The number of rotatable bonds is 3. The number of nitrogens with zero attached hydrogens (tertiary/aromatic N) is 1. The molecule has 5 heteroatoms. The maximum atomic E-state index is 8.14. The van der Waals surface area contributed by atoms with E-state index in [-0.39, 0.29) is 37.0 Å². The van der Waals surface area contributed by atoms with Crippen LogP contribution in [0.4, 0.5) is 0 Å². The summed E-state index contributed by atoms with van der Waals surface area (Å²) in [6, 6.07) is 2.87. The van der Waals surface area contributed by atoms with Gasteiger partial charge in [-0.1, -0.05) is 0 Å². The zero-order valence-electron chi connectivity index (χ0n) is 7.32. The molecule has 0 aromatic rings. The SMILES string of the molecule is C[Si](Cl)(Cl)CCCC#N.[CH3-].[Na+]. The molecule has 0 radical (unpaired) electrons. The fraction of sp³-hybridized carbons (Fsp3) is 0.667. The second-order valence-corrected chi connectivity index (χ2v) is 10.3. The van der Waals surface area contributed by atoms with Crippen LogP contribution < -0.4 is 29.6 Å². The minimum atomic E-state index is -1.90. The summed E-state index contributed by atoms with van der Waals surface area (Å²) in [5.74, 6) is 0. The summed E-state index contributed by atoms with van der Waals surface area (Å²) in [6.07, 6.45) is 1.41. The van der Waals surface area contributed by atoms with E-state index in [1.165, 1.54) is 0 Å². The van der Waals surface area contributed by atoms with Crippen molar-refractivity contribution >= 4 is 28.9 Å². The normalized spacial score (nSPS) is 8.91. The molecule has 11 heavy (non-hydrogen) atoms. The third kappa shape index (κ3) is 18.3. The van der Waals surface area contributed by atoms with Gasteiger partial charge in [0.2, 0.25) is 6.69 Å². The summed E-state index contributed by atoms with van der Waals surface area (Å²) in [6.45, 7) is -0.0326. The van der Waals surface area contributed by atoms with Crippen LogP contribution in [0.1, 0.15) is 12.8 Å². The predicted octanol–water partition coefficient (Wildman–Crippen LogP) is 0.294. The van der Waals surface area contributed by atoms with Crippen molar-refractivity contribution in [1.29, 1.82) is 5.26 Å². The summed E-state index contributed by atoms with van der Waals surface area (Å²) >= 11 is 11.5. The zero-order chi connectivity index (χ0) is 7.33. The monoisotopic (exact) mass is 219 g/mol. The molecule has 60 valence electrons. The molecule has 0 aromatic carbocycles. The molecule has 0 rings (SSSR count). The zero-order valence-corrected chi connectivity index (χ0v) is 11.8. The van der Waals surface area contributed by atoms with Crippen LogP contribution in [0.15, 0.2) is 0 Å². The molecule has 0 amide bonds. The van der Waals surface area contributed by atoms with Gasteiger partial charge in [0.1, 0.15) is 0 Å². The molecule has 0 aliphatic heterocycles. The molecule has 0 aliphatic carbocycles. The molecule has 0 saturated carbocycles. The van der Waals surface area contributed by atoms with Gasteiger partial charge < -0.3 is 7.43 Å². The summed E-state index contributed by atoms with van der Waals surface area (Å²) in [7, 11) is 0. The van der Waals surface area contributed by atoms with Gasteiger partial charge in [0, 0.05) is 6.42 Å². The topological polar surface area (TPSA) is 23.8 Å². The van der Waals surface area contributed by atoms with E-state index >= 15 is 0 Å². The Morgan fingerprint density at radius 2 is 1.91 bits per heavy atom. The van der Waals surface area contributed by atoms with Crippen LogP contribution >= 0.6 is 22.2 Å². The molecule has 0 aromatic heterocycles. The number of hydrogen-bond donors (Lipinski definition) is 0. The van der Waals surface area contributed by atoms with E-state index in [1.54, 1.807) is 0 Å². The molecular formula is C6H12Cl2NNaSi. The van der Waals surface area contributed by atoms with Crippen LogP contribution in [0.2, 0.25) is 12.6 Å². The summed E-state index contributed by atoms with van der Waals surface area (Å²) in [5.41, 5.74) is 0. The summed E-state index contributed by atoms with van der Waals surface area (Å²) in [5, 5.41) is 8.14. The Balaban J connectivity index is -0.000000320. The molecular weight excluding hydrogens is 208 g/mol. The standard InChI is InChI=1S/C5H9Cl2NSi.CH3.Na/c1-9(6,7)5-3-2-4-8;;/h2-3,5H2,1H3;1H3;/q;-1;+1. The van der Waals surface area contributed by atoms with Crippen molar-refractivity contribution in [3.8, 4) is 6.07 Å². The van der Waals surface area contributed by atoms with E-state index in [2.05, 4.69) is 0 Å². The predicted molar refractivity (Wildman–Crippen MR) is 49.4 cm³/mol. The Bertz CT molecular complexity index is 119. The minimum absolute atomic E-state index is 0. The van der Waals surface area contributed by atoms with Crippen molar-refractivity contribution in [2.45, 2.75) is 25.4 Å². The number of halogens is 2. The molecule has 0 aliphatic rings. The Morgan fingerprint density at radius 3 is 2.18 bits per heavy atom. The van der Waals surface area contributed by atoms with Crippen molar-refractivity contribution in [2.75, 3.05) is 0 Å². The van der Waals surface area contributed by atoms with Crippen LogP contribution in [0.25, 0.3) is 0 Å². The van der Waals surface area contributed by atoms with Crippen molar-refractivity contribution < 1.29 is 29.6 Å². The van der Waals surface area contributed by atoms with Gasteiger partial charge in [-0.3, -0.25) is 0 Å². The van der Waals surface area contributed by atoms with Gasteiger partial charge in [-0.2, -0.15) is 5.26 Å². The van der Waals surface area contributed by atoms with Gasteiger partial charge in [0.05, 0.1) is 6.07 Å². The number of unbranched alkanes of at least 4 members (excludes halogenated alkanes) is 1. The van der Waals surface area contributed by atoms with E-state index in [0.29, 0.717) is 6.42 Å². The third-order valence-corrected chi connectivity index (χ3v) is 3.27. The van der Waals surface area contributed by atoms with Crippen molar-refractivity contribution in [3.63, 3.8) is 0 Å². The van der Waals surface area contributed by atoms with Crippen molar-refractivity contribution in [1.82, 2.24) is 0 Å². The average Bonchev–Trinajstić information content (AvgIpc) is 1.63. The Morgan fingerprint density at radius 1 is 1.45 bits per heavy atom. The van der Waals surface area contributed by atoms with Crippen LogP contribution in [-0.2, 0) is 0 Å². The third-order valence-electron chi connectivity index (χ3n) is 0.904. The van der Waals surface area contributed by atoms with E-state index in [1.807, 2.05) is 12.6 Å². The van der Waals surface area contributed by atoms with Crippen LogP contribution in [0, 0.1) is 18.8 Å². The second kappa shape index (κ2) is 9.38. The maximum absolute atomic E-state index is 8.14. The Hall–Kier alpha value is 1.29. The average molecular weight is 220 g/mol.